The molecule has 1 aliphatic heterocycles. The zero-order valence-corrected chi connectivity index (χ0v) is 20.5. The molecule has 1 fully saturated rings. The number of carbonyl (C=O) groups is 4. The second kappa shape index (κ2) is 13.4. The van der Waals surface area contributed by atoms with Crippen molar-refractivity contribution < 1.29 is 33.4 Å². The Morgan fingerprint density at radius 2 is 1.53 bits per heavy atom. The number of amides is 1. The van der Waals surface area contributed by atoms with E-state index in [-0.39, 0.29) is 65.4 Å². The van der Waals surface area contributed by atoms with Crippen LogP contribution in [0.1, 0.15) is 59.2 Å². The van der Waals surface area contributed by atoms with E-state index in [1.54, 1.807) is 27.7 Å². The van der Waals surface area contributed by atoms with E-state index in [9.17, 15) is 19.2 Å². The lowest BCUT2D eigenvalue weighted by Gasteiger charge is -2.30. The van der Waals surface area contributed by atoms with E-state index >= 15 is 0 Å². The van der Waals surface area contributed by atoms with Gasteiger partial charge in [0.2, 0.25) is 5.91 Å². The Morgan fingerprint density at radius 1 is 0.969 bits per heavy atom. The minimum absolute atomic E-state index is 0. The summed E-state index contributed by atoms with van der Waals surface area (Å²) in [6.07, 6.45) is 1.26. The van der Waals surface area contributed by atoms with Gasteiger partial charge in [-0.25, -0.2) is 9.59 Å². The summed E-state index contributed by atoms with van der Waals surface area (Å²) in [6, 6.07) is 0. The second-order valence-corrected chi connectivity index (χ2v) is 8.07. The fourth-order valence-electron chi connectivity index (χ4n) is 3.40. The average molecular weight is 491 g/mol. The van der Waals surface area contributed by atoms with E-state index in [1.807, 2.05) is 4.90 Å². The number of hydrogen-bond donors (Lipinski definition) is 1. The van der Waals surface area contributed by atoms with Gasteiger partial charge in [0, 0.05) is 0 Å². The van der Waals surface area contributed by atoms with Gasteiger partial charge in [0.15, 0.2) is 0 Å². The first kappa shape index (κ1) is 27.9. The van der Waals surface area contributed by atoms with Crippen LogP contribution in [0, 0.1) is 12.8 Å². The van der Waals surface area contributed by atoms with Gasteiger partial charge >= 0.3 is 17.9 Å². The van der Waals surface area contributed by atoms with E-state index in [2.05, 4.69) is 5.32 Å². The van der Waals surface area contributed by atoms with Crippen LogP contribution < -0.4 is 5.32 Å². The molecule has 2 heterocycles. The SMILES string of the molecule is CCOC(=O)c1sc(NC(=O)CN2CCC(C(=O)OCC)CC2)c(C(=O)OCC)c1C.Cl. The zero-order chi connectivity index (χ0) is 23.0. The number of piperidine rings is 1. The minimum Gasteiger partial charge on any atom is -0.466 e. The summed E-state index contributed by atoms with van der Waals surface area (Å²) in [5.74, 6) is -1.78. The molecule has 0 bridgehead atoms. The van der Waals surface area contributed by atoms with Crippen LogP contribution in [-0.4, -0.2) is 68.2 Å². The molecule has 1 aromatic heterocycles. The summed E-state index contributed by atoms with van der Waals surface area (Å²) in [4.78, 5) is 51.4. The van der Waals surface area contributed by atoms with Crippen LogP contribution in [0.3, 0.4) is 0 Å². The van der Waals surface area contributed by atoms with Gasteiger partial charge in [-0.1, -0.05) is 0 Å². The number of hydrogen-bond acceptors (Lipinski definition) is 9. The molecule has 9 nitrogen and oxygen atoms in total. The summed E-state index contributed by atoms with van der Waals surface area (Å²) >= 11 is 1.00. The third kappa shape index (κ3) is 7.18. The molecule has 32 heavy (non-hydrogen) atoms. The van der Waals surface area contributed by atoms with E-state index in [1.165, 1.54) is 0 Å². The molecular weight excluding hydrogens is 460 g/mol. The number of esters is 3. The van der Waals surface area contributed by atoms with Crippen molar-refractivity contribution >= 4 is 52.6 Å². The molecule has 1 aromatic rings. The Balaban J connectivity index is 0.00000512. The Bertz CT molecular complexity index is 819. The first-order valence-electron chi connectivity index (χ1n) is 10.5. The van der Waals surface area contributed by atoms with Crippen molar-refractivity contribution in [3.8, 4) is 0 Å². The Labute approximate surface area is 198 Å². The quantitative estimate of drug-likeness (QED) is 0.415. The standard InChI is InChI=1S/C21H30N2O7S.ClH/c1-5-28-19(25)14-8-10-23(11-9-14)12-15(24)22-18-16(20(26)29-6-2)13(4)17(31-18)21(27)30-7-3;/h14H,5-12H2,1-4H3,(H,22,24);1H. The molecule has 0 spiro atoms. The number of thiophene rings is 1. The highest BCUT2D eigenvalue weighted by atomic mass is 35.5. The summed E-state index contributed by atoms with van der Waals surface area (Å²) < 4.78 is 15.2. The number of likely N-dealkylation sites (tertiary alicyclic amines) is 1. The number of rotatable bonds is 9. The number of halogens is 1. The molecular formula is C21H31ClN2O7S. The maximum absolute atomic E-state index is 12.6. The molecule has 180 valence electrons. The Kier molecular flexibility index (Phi) is 11.7. The van der Waals surface area contributed by atoms with Gasteiger partial charge in [0.25, 0.3) is 0 Å². The molecule has 1 amide bonds. The van der Waals surface area contributed by atoms with Crippen molar-refractivity contribution in [2.75, 3.05) is 44.8 Å². The molecule has 1 aliphatic rings. The van der Waals surface area contributed by atoms with Gasteiger partial charge in [-0.3, -0.25) is 14.5 Å². The van der Waals surface area contributed by atoms with Crippen LogP contribution in [0.25, 0.3) is 0 Å². The lowest BCUT2D eigenvalue weighted by molar-refractivity contribution is -0.149. The monoisotopic (exact) mass is 490 g/mol. The van der Waals surface area contributed by atoms with Gasteiger partial charge in [0.1, 0.15) is 9.88 Å². The molecule has 1 N–H and O–H groups in total. The van der Waals surface area contributed by atoms with Crippen LogP contribution in [0.4, 0.5) is 5.00 Å². The average Bonchev–Trinajstić information content (AvgIpc) is 3.04. The molecule has 0 saturated carbocycles. The second-order valence-electron chi connectivity index (χ2n) is 7.05. The molecule has 0 unspecified atom stereocenters. The van der Waals surface area contributed by atoms with E-state index in [0.29, 0.717) is 38.1 Å². The van der Waals surface area contributed by atoms with Crippen LogP contribution in [0.5, 0.6) is 0 Å². The summed E-state index contributed by atoms with van der Waals surface area (Å²) in [5.41, 5.74) is 0.594. The van der Waals surface area contributed by atoms with E-state index in [4.69, 9.17) is 14.2 Å². The third-order valence-corrected chi connectivity index (χ3v) is 6.10. The lowest BCUT2D eigenvalue weighted by atomic mass is 9.97. The zero-order valence-electron chi connectivity index (χ0n) is 18.9. The Hall–Kier alpha value is -2.17. The highest BCUT2D eigenvalue weighted by Gasteiger charge is 2.29. The van der Waals surface area contributed by atoms with Gasteiger partial charge in [-0.2, -0.15) is 0 Å². The van der Waals surface area contributed by atoms with E-state index in [0.717, 1.165) is 11.3 Å². The van der Waals surface area contributed by atoms with Crippen molar-refractivity contribution in [1.29, 1.82) is 0 Å². The molecule has 1 saturated heterocycles. The fourth-order valence-corrected chi connectivity index (χ4v) is 4.50. The van der Waals surface area contributed by atoms with Crippen molar-refractivity contribution in [2.24, 2.45) is 5.92 Å². The van der Waals surface area contributed by atoms with Crippen LogP contribution in [0.15, 0.2) is 0 Å². The van der Waals surface area contributed by atoms with E-state index < -0.39 is 11.9 Å². The number of ether oxygens (including phenoxy) is 3. The summed E-state index contributed by atoms with van der Waals surface area (Å²) in [6.45, 7) is 8.83. The minimum atomic E-state index is -0.600. The van der Waals surface area contributed by atoms with Gasteiger partial charge in [0.05, 0.1) is 37.8 Å². The van der Waals surface area contributed by atoms with Crippen molar-refractivity contribution in [3.05, 3.63) is 16.0 Å². The van der Waals surface area contributed by atoms with Gasteiger partial charge in [-0.05, 0) is 59.2 Å². The molecule has 0 atom stereocenters. The predicted molar refractivity (Wildman–Crippen MR) is 123 cm³/mol. The topological polar surface area (TPSA) is 111 Å². The van der Waals surface area contributed by atoms with Crippen molar-refractivity contribution in [3.63, 3.8) is 0 Å². The highest BCUT2D eigenvalue weighted by Crippen LogP contribution is 2.34. The Morgan fingerprint density at radius 3 is 2.09 bits per heavy atom. The number of carbonyl (C=O) groups excluding carboxylic acids is 4. The normalized spacial score (nSPS) is 14.2. The van der Waals surface area contributed by atoms with Crippen LogP contribution in [0.2, 0.25) is 0 Å². The smallest absolute Gasteiger partial charge is 0.348 e. The number of nitrogens with zero attached hydrogens (tertiary/aromatic N) is 1. The summed E-state index contributed by atoms with van der Waals surface area (Å²) in [7, 11) is 0. The highest BCUT2D eigenvalue weighted by molar-refractivity contribution is 7.18. The largest absolute Gasteiger partial charge is 0.466 e. The lowest BCUT2D eigenvalue weighted by Crippen LogP contribution is -2.41. The maximum atomic E-state index is 12.6. The maximum Gasteiger partial charge on any atom is 0.348 e. The fraction of sp³-hybridized carbons (Fsp3) is 0.619. The summed E-state index contributed by atoms with van der Waals surface area (Å²) in [5, 5.41) is 3.02. The number of anilines is 1. The number of nitrogens with one attached hydrogen (secondary N) is 1. The van der Waals surface area contributed by atoms with Crippen molar-refractivity contribution in [1.82, 2.24) is 4.90 Å². The first-order valence-corrected chi connectivity index (χ1v) is 11.3. The van der Waals surface area contributed by atoms with Crippen LogP contribution in [-0.2, 0) is 23.8 Å². The molecule has 11 heteroatoms. The first-order chi connectivity index (χ1) is 14.8. The van der Waals surface area contributed by atoms with Gasteiger partial charge < -0.3 is 19.5 Å². The molecule has 2 rings (SSSR count). The predicted octanol–water partition coefficient (Wildman–Crippen LogP) is 3.05. The third-order valence-electron chi connectivity index (χ3n) is 4.91. The van der Waals surface area contributed by atoms with Gasteiger partial charge in [-0.15, -0.1) is 23.7 Å². The van der Waals surface area contributed by atoms with Crippen LogP contribution >= 0.6 is 23.7 Å². The molecule has 0 aromatic carbocycles. The van der Waals surface area contributed by atoms with Crippen molar-refractivity contribution in [2.45, 2.75) is 40.5 Å². The molecule has 0 radical (unpaired) electrons. The molecule has 0 aliphatic carbocycles.